The standard InChI is InChI=1S/C12H24N2O3/c1-12(2,9-14(3)4)8-13-10(15)6-5-7-11(16)17/h5-9H2,1-4H3,(H,13,15)(H,16,17). The summed E-state index contributed by atoms with van der Waals surface area (Å²) >= 11 is 0. The Bertz CT molecular complexity index is 262. The molecule has 0 fully saturated rings. The second kappa shape index (κ2) is 7.27. The maximum absolute atomic E-state index is 11.4. The van der Waals surface area contributed by atoms with Crippen LogP contribution in [-0.2, 0) is 9.59 Å². The SMILES string of the molecule is CN(C)CC(C)(C)CNC(=O)CCCC(=O)O. The average molecular weight is 244 g/mol. The number of amides is 1. The van der Waals surface area contributed by atoms with Crippen LogP contribution >= 0.6 is 0 Å². The topological polar surface area (TPSA) is 69.6 Å². The number of hydrogen-bond acceptors (Lipinski definition) is 3. The molecule has 0 aromatic heterocycles. The van der Waals surface area contributed by atoms with E-state index in [0.717, 1.165) is 6.54 Å². The van der Waals surface area contributed by atoms with Crippen molar-refractivity contribution in [1.82, 2.24) is 10.2 Å². The number of nitrogens with zero attached hydrogens (tertiary/aromatic N) is 1. The summed E-state index contributed by atoms with van der Waals surface area (Å²) in [7, 11) is 3.99. The Kier molecular flexibility index (Phi) is 6.80. The summed E-state index contributed by atoms with van der Waals surface area (Å²) in [6, 6.07) is 0. The molecule has 0 rings (SSSR count). The second-order valence-corrected chi connectivity index (χ2v) is 5.43. The molecule has 0 aromatic carbocycles. The van der Waals surface area contributed by atoms with Crippen molar-refractivity contribution in [3.8, 4) is 0 Å². The van der Waals surface area contributed by atoms with Gasteiger partial charge in [0.2, 0.25) is 5.91 Å². The van der Waals surface area contributed by atoms with Gasteiger partial charge < -0.3 is 15.3 Å². The third-order valence-electron chi connectivity index (χ3n) is 2.30. The second-order valence-electron chi connectivity index (χ2n) is 5.43. The van der Waals surface area contributed by atoms with Gasteiger partial charge in [-0.15, -0.1) is 0 Å². The molecule has 100 valence electrons. The van der Waals surface area contributed by atoms with Crippen LogP contribution in [0.2, 0.25) is 0 Å². The number of hydrogen-bond donors (Lipinski definition) is 2. The molecule has 0 aliphatic carbocycles. The van der Waals surface area contributed by atoms with Crippen LogP contribution in [-0.4, -0.2) is 49.1 Å². The number of rotatable bonds is 8. The molecule has 17 heavy (non-hydrogen) atoms. The third kappa shape index (κ3) is 9.81. The highest BCUT2D eigenvalue weighted by Crippen LogP contribution is 2.14. The Hall–Kier alpha value is -1.10. The molecule has 2 N–H and O–H groups in total. The van der Waals surface area contributed by atoms with Gasteiger partial charge in [0.25, 0.3) is 0 Å². The van der Waals surface area contributed by atoms with Crippen LogP contribution in [0.3, 0.4) is 0 Å². The number of carbonyl (C=O) groups is 2. The molecule has 0 aromatic rings. The summed E-state index contributed by atoms with van der Waals surface area (Å²) in [6.07, 6.45) is 0.730. The van der Waals surface area contributed by atoms with Gasteiger partial charge in [0.05, 0.1) is 0 Å². The molecule has 0 heterocycles. The third-order valence-corrected chi connectivity index (χ3v) is 2.30. The van der Waals surface area contributed by atoms with E-state index in [1.165, 1.54) is 0 Å². The molecule has 0 aliphatic heterocycles. The van der Waals surface area contributed by atoms with Crippen molar-refractivity contribution < 1.29 is 14.7 Å². The van der Waals surface area contributed by atoms with Gasteiger partial charge in [0.15, 0.2) is 0 Å². The van der Waals surface area contributed by atoms with Crippen LogP contribution in [0.25, 0.3) is 0 Å². The zero-order chi connectivity index (χ0) is 13.5. The molecule has 0 aliphatic rings. The lowest BCUT2D eigenvalue weighted by Crippen LogP contribution is -2.39. The molecule has 0 unspecified atom stereocenters. The lowest BCUT2D eigenvalue weighted by molar-refractivity contribution is -0.137. The molecular weight excluding hydrogens is 220 g/mol. The minimum Gasteiger partial charge on any atom is -0.481 e. The van der Waals surface area contributed by atoms with Gasteiger partial charge in [-0.25, -0.2) is 0 Å². The fourth-order valence-electron chi connectivity index (χ4n) is 1.74. The Labute approximate surface area is 103 Å². The quantitative estimate of drug-likeness (QED) is 0.667. The highest BCUT2D eigenvalue weighted by Gasteiger charge is 2.19. The van der Waals surface area contributed by atoms with E-state index in [1.807, 2.05) is 14.1 Å². The minimum atomic E-state index is -0.856. The first-order valence-electron chi connectivity index (χ1n) is 5.86. The van der Waals surface area contributed by atoms with E-state index in [4.69, 9.17) is 5.11 Å². The number of carboxylic acids is 1. The Morgan fingerprint density at radius 1 is 1.24 bits per heavy atom. The first-order valence-corrected chi connectivity index (χ1v) is 5.86. The van der Waals surface area contributed by atoms with Crippen molar-refractivity contribution in [2.24, 2.45) is 5.41 Å². The molecule has 1 amide bonds. The van der Waals surface area contributed by atoms with E-state index in [9.17, 15) is 9.59 Å². The van der Waals surface area contributed by atoms with Gasteiger partial charge >= 0.3 is 5.97 Å². The summed E-state index contributed by atoms with van der Waals surface area (Å²) < 4.78 is 0. The van der Waals surface area contributed by atoms with E-state index in [0.29, 0.717) is 13.0 Å². The maximum atomic E-state index is 11.4. The molecule has 0 saturated heterocycles. The van der Waals surface area contributed by atoms with E-state index in [2.05, 4.69) is 24.1 Å². The van der Waals surface area contributed by atoms with Gasteiger partial charge in [-0.2, -0.15) is 0 Å². The highest BCUT2D eigenvalue weighted by atomic mass is 16.4. The molecule has 0 saturated carbocycles. The van der Waals surface area contributed by atoms with E-state index >= 15 is 0 Å². The molecule has 0 radical (unpaired) electrons. The first-order chi connectivity index (χ1) is 7.73. The lowest BCUT2D eigenvalue weighted by atomic mass is 9.93. The lowest BCUT2D eigenvalue weighted by Gasteiger charge is -2.28. The number of aliphatic carboxylic acids is 1. The van der Waals surface area contributed by atoms with Gasteiger partial charge in [-0.3, -0.25) is 9.59 Å². The fraction of sp³-hybridized carbons (Fsp3) is 0.833. The van der Waals surface area contributed by atoms with Crippen molar-refractivity contribution >= 4 is 11.9 Å². The van der Waals surface area contributed by atoms with Crippen molar-refractivity contribution in [2.75, 3.05) is 27.2 Å². The highest BCUT2D eigenvalue weighted by molar-refractivity contribution is 5.76. The average Bonchev–Trinajstić information content (AvgIpc) is 2.12. The molecule has 5 heteroatoms. The fourth-order valence-corrected chi connectivity index (χ4v) is 1.74. The first kappa shape index (κ1) is 15.9. The Morgan fingerprint density at radius 2 is 1.82 bits per heavy atom. The zero-order valence-electron chi connectivity index (χ0n) is 11.2. The van der Waals surface area contributed by atoms with Crippen LogP contribution in [0.1, 0.15) is 33.1 Å². The predicted octanol–water partition coefficient (Wildman–Crippen LogP) is 0.945. The van der Waals surface area contributed by atoms with E-state index in [1.54, 1.807) is 0 Å². The molecule has 0 spiro atoms. The number of carboxylic acid groups (broad SMARTS) is 1. The van der Waals surface area contributed by atoms with Crippen LogP contribution in [0, 0.1) is 5.41 Å². The van der Waals surface area contributed by atoms with Crippen molar-refractivity contribution in [2.45, 2.75) is 33.1 Å². The number of nitrogens with one attached hydrogen (secondary N) is 1. The summed E-state index contributed by atoms with van der Waals surface area (Å²) in [5.41, 5.74) is 0.0198. The number of carbonyl (C=O) groups excluding carboxylic acids is 1. The van der Waals surface area contributed by atoms with Gasteiger partial charge in [-0.1, -0.05) is 13.8 Å². The van der Waals surface area contributed by atoms with Gasteiger partial charge in [0.1, 0.15) is 0 Å². The van der Waals surface area contributed by atoms with Crippen LogP contribution < -0.4 is 5.32 Å². The van der Waals surface area contributed by atoms with Gasteiger partial charge in [-0.05, 0) is 25.9 Å². The summed E-state index contributed by atoms with van der Waals surface area (Å²) in [4.78, 5) is 23.8. The Balaban J connectivity index is 3.79. The molecule has 0 bridgehead atoms. The Morgan fingerprint density at radius 3 is 2.29 bits per heavy atom. The molecule has 5 nitrogen and oxygen atoms in total. The van der Waals surface area contributed by atoms with Crippen molar-refractivity contribution in [3.05, 3.63) is 0 Å². The normalized spacial score (nSPS) is 11.6. The summed E-state index contributed by atoms with van der Waals surface area (Å²) in [5.74, 6) is -0.927. The molecule has 0 atom stereocenters. The molecular formula is C12H24N2O3. The van der Waals surface area contributed by atoms with Crippen molar-refractivity contribution in [3.63, 3.8) is 0 Å². The van der Waals surface area contributed by atoms with E-state index in [-0.39, 0.29) is 24.2 Å². The van der Waals surface area contributed by atoms with Crippen LogP contribution in [0.15, 0.2) is 0 Å². The monoisotopic (exact) mass is 244 g/mol. The zero-order valence-corrected chi connectivity index (χ0v) is 11.2. The van der Waals surface area contributed by atoms with Gasteiger partial charge in [0, 0.05) is 25.9 Å². The van der Waals surface area contributed by atoms with E-state index < -0.39 is 5.97 Å². The summed E-state index contributed by atoms with van der Waals surface area (Å²) in [6.45, 7) is 5.68. The maximum Gasteiger partial charge on any atom is 0.303 e. The van der Waals surface area contributed by atoms with Crippen molar-refractivity contribution in [1.29, 1.82) is 0 Å². The smallest absolute Gasteiger partial charge is 0.303 e. The van der Waals surface area contributed by atoms with Crippen LogP contribution in [0.4, 0.5) is 0 Å². The predicted molar refractivity (Wildman–Crippen MR) is 66.8 cm³/mol. The van der Waals surface area contributed by atoms with Crippen LogP contribution in [0.5, 0.6) is 0 Å². The summed E-state index contributed by atoms with van der Waals surface area (Å²) in [5, 5.41) is 11.3. The largest absolute Gasteiger partial charge is 0.481 e. The minimum absolute atomic E-state index is 0.0198.